The van der Waals surface area contributed by atoms with Gasteiger partial charge in [-0.15, -0.1) is 11.3 Å². The Morgan fingerprint density at radius 2 is 1.00 bits per heavy atom. The maximum absolute atomic E-state index is 5.09. The lowest BCUT2D eigenvalue weighted by Crippen LogP contribution is -2.29. The number of hydrogen-bond acceptors (Lipinski definition) is 3. The Labute approximate surface area is 165 Å². The van der Waals surface area contributed by atoms with E-state index in [0.29, 0.717) is 0 Å². The first-order chi connectivity index (χ1) is 12.2. The molecule has 3 aliphatic carbocycles. The van der Waals surface area contributed by atoms with Crippen molar-refractivity contribution in [3.05, 3.63) is 89.7 Å². The Morgan fingerprint density at radius 1 is 0.640 bits per heavy atom. The molecular weight excluding hydrogens is 460 g/mol. The van der Waals surface area contributed by atoms with Crippen LogP contribution in [0.15, 0.2) is 56.1 Å². The molecule has 2 aromatic heterocycles. The maximum Gasteiger partial charge on any atom is 0.115 e. The Hall–Kier alpha value is -1.56. The molecule has 5 heteroatoms. The van der Waals surface area contributed by atoms with Gasteiger partial charge in [0.2, 0.25) is 0 Å². The summed E-state index contributed by atoms with van der Waals surface area (Å²) in [6.45, 7) is 0. The van der Waals surface area contributed by atoms with Crippen LogP contribution in [0.25, 0.3) is 11.0 Å². The van der Waals surface area contributed by atoms with Crippen LogP contribution in [0.1, 0.15) is 45.5 Å². The molecule has 2 heterocycles. The molecule has 0 aliphatic heterocycles. The largest absolute Gasteiger partial charge is 0.246 e. The Bertz CT molecular complexity index is 1060. The van der Waals surface area contributed by atoms with Gasteiger partial charge in [-0.05, 0) is 54.1 Å². The number of aromatic nitrogens is 2. The third-order valence-electron chi connectivity index (χ3n) is 5.29. The molecule has 0 unspecified atom stereocenters. The van der Waals surface area contributed by atoms with Crippen molar-refractivity contribution in [2.24, 2.45) is 0 Å². The van der Waals surface area contributed by atoms with Gasteiger partial charge in [0, 0.05) is 0 Å². The number of benzene rings is 2. The van der Waals surface area contributed by atoms with Crippen molar-refractivity contribution in [2.75, 3.05) is 0 Å². The fourth-order valence-electron chi connectivity index (χ4n) is 4.33. The molecule has 0 spiro atoms. The van der Waals surface area contributed by atoms with Crippen molar-refractivity contribution in [1.82, 2.24) is 9.97 Å². The lowest BCUT2D eigenvalue weighted by molar-refractivity contribution is 0.709. The maximum atomic E-state index is 5.09. The van der Waals surface area contributed by atoms with Gasteiger partial charge in [-0.3, -0.25) is 0 Å². The van der Waals surface area contributed by atoms with Crippen molar-refractivity contribution in [1.29, 1.82) is 0 Å². The van der Waals surface area contributed by atoms with Crippen molar-refractivity contribution < 1.29 is 0 Å². The van der Waals surface area contributed by atoms with E-state index in [1.807, 2.05) is 0 Å². The molecular formula is C20H10Br2N2S. The van der Waals surface area contributed by atoms with Crippen LogP contribution in [0.4, 0.5) is 0 Å². The predicted molar refractivity (Wildman–Crippen MR) is 108 cm³/mol. The van der Waals surface area contributed by atoms with Crippen LogP contribution in [-0.4, -0.2) is 9.97 Å². The molecule has 0 N–H and O–H groups in total. The van der Waals surface area contributed by atoms with Crippen LogP contribution in [-0.2, 0) is 0 Å². The van der Waals surface area contributed by atoms with Gasteiger partial charge in [-0.25, -0.2) is 9.97 Å². The molecule has 0 amide bonds. The summed E-state index contributed by atoms with van der Waals surface area (Å²) in [6.07, 6.45) is 0. The second kappa shape index (κ2) is 5.00. The van der Waals surface area contributed by atoms with E-state index >= 15 is 0 Å². The lowest BCUT2D eigenvalue weighted by Gasteiger charge is -2.40. The first-order valence-electron chi connectivity index (χ1n) is 8.07. The van der Waals surface area contributed by atoms with Gasteiger partial charge in [0.1, 0.15) is 11.0 Å². The number of nitrogens with zero attached hydrogens (tertiary/aromatic N) is 2. The number of halogens is 2. The van der Waals surface area contributed by atoms with E-state index in [-0.39, 0.29) is 11.8 Å². The van der Waals surface area contributed by atoms with Crippen LogP contribution < -0.4 is 0 Å². The molecule has 25 heavy (non-hydrogen) atoms. The van der Waals surface area contributed by atoms with Crippen molar-refractivity contribution in [2.45, 2.75) is 11.8 Å². The summed E-state index contributed by atoms with van der Waals surface area (Å²) in [5, 5.41) is 0. The second-order valence-corrected chi connectivity index (χ2v) is 10.1. The molecule has 4 aromatic rings. The third-order valence-corrected chi connectivity index (χ3v) is 7.75. The molecule has 0 atom stereocenters. The van der Waals surface area contributed by atoms with E-state index in [1.54, 1.807) is 11.3 Å². The number of thiophene rings is 1. The molecule has 7 rings (SSSR count). The predicted octanol–water partition coefficient (Wildman–Crippen LogP) is 6.20. The lowest BCUT2D eigenvalue weighted by atomic mass is 9.64. The molecule has 0 saturated heterocycles. The average molecular weight is 470 g/mol. The molecule has 3 aliphatic rings. The van der Waals surface area contributed by atoms with E-state index in [9.17, 15) is 0 Å². The van der Waals surface area contributed by atoms with E-state index in [4.69, 9.17) is 9.97 Å². The van der Waals surface area contributed by atoms with Gasteiger partial charge < -0.3 is 0 Å². The van der Waals surface area contributed by atoms with Crippen molar-refractivity contribution >= 4 is 54.2 Å². The van der Waals surface area contributed by atoms with Crippen molar-refractivity contribution in [3.8, 4) is 0 Å². The summed E-state index contributed by atoms with van der Waals surface area (Å²) in [7, 11) is 0. The normalized spacial score (nSPS) is 19.6. The molecule has 2 nitrogen and oxygen atoms in total. The Balaban J connectivity index is 1.77. The summed E-state index contributed by atoms with van der Waals surface area (Å²) in [6, 6.07) is 17.5. The average Bonchev–Trinajstić information content (AvgIpc) is 2.93. The fourth-order valence-corrected chi connectivity index (χ4v) is 7.14. The van der Waals surface area contributed by atoms with E-state index in [0.717, 1.165) is 30.0 Å². The molecule has 0 radical (unpaired) electrons. The number of fused-ring (bicyclic) bond motifs is 1. The monoisotopic (exact) mass is 468 g/mol. The SMILES string of the molecule is Brc1sc(Br)c2nc3c(nc12)C1c2ccccc2C3c2ccccc21. The summed E-state index contributed by atoms with van der Waals surface area (Å²) in [5.41, 5.74) is 9.63. The van der Waals surface area contributed by atoms with Gasteiger partial charge in [-0.2, -0.15) is 0 Å². The van der Waals surface area contributed by atoms with Crippen LogP contribution >= 0.6 is 43.2 Å². The summed E-state index contributed by atoms with van der Waals surface area (Å²) in [5.74, 6) is 0.352. The Kier molecular flexibility index (Phi) is 2.92. The summed E-state index contributed by atoms with van der Waals surface area (Å²) >= 11 is 8.94. The second-order valence-electron chi connectivity index (χ2n) is 6.46. The van der Waals surface area contributed by atoms with Crippen molar-refractivity contribution in [3.63, 3.8) is 0 Å². The molecule has 0 saturated carbocycles. The number of rotatable bonds is 0. The van der Waals surface area contributed by atoms with Gasteiger partial charge >= 0.3 is 0 Å². The van der Waals surface area contributed by atoms with Gasteiger partial charge in [0.05, 0.1) is 30.8 Å². The molecule has 2 aromatic carbocycles. The van der Waals surface area contributed by atoms with E-state index in [2.05, 4.69) is 80.4 Å². The van der Waals surface area contributed by atoms with Gasteiger partial charge in [-0.1, -0.05) is 48.5 Å². The van der Waals surface area contributed by atoms with E-state index < -0.39 is 0 Å². The first-order valence-corrected chi connectivity index (χ1v) is 10.5. The highest BCUT2D eigenvalue weighted by molar-refractivity contribution is 9.12. The zero-order valence-corrected chi connectivity index (χ0v) is 16.8. The summed E-state index contributed by atoms with van der Waals surface area (Å²) < 4.78 is 2.07. The summed E-state index contributed by atoms with van der Waals surface area (Å²) in [4.78, 5) is 10.2. The standard InChI is InChI=1S/C20H10Br2N2S/c21-19-17-18(20(22)25-19)24-16-14-10-6-2-1-5-9(10)13(15(16)23-17)11-7-3-4-8-12(11)14/h1-8,13-14H. The van der Waals surface area contributed by atoms with Crippen LogP contribution in [0.3, 0.4) is 0 Å². The topological polar surface area (TPSA) is 25.8 Å². The number of hydrogen-bond donors (Lipinski definition) is 0. The zero-order chi connectivity index (χ0) is 16.7. The van der Waals surface area contributed by atoms with Gasteiger partial charge in [0.25, 0.3) is 0 Å². The minimum Gasteiger partial charge on any atom is -0.246 e. The molecule has 2 bridgehead atoms. The molecule has 0 fully saturated rings. The fraction of sp³-hybridized carbons (Fsp3) is 0.100. The van der Waals surface area contributed by atoms with Crippen LogP contribution in [0.5, 0.6) is 0 Å². The van der Waals surface area contributed by atoms with Gasteiger partial charge in [0.15, 0.2) is 0 Å². The van der Waals surface area contributed by atoms with E-state index in [1.165, 1.54) is 22.3 Å². The van der Waals surface area contributed by atoms with Crippen LogP contribution in [0.2, 0.25) is 0 Å². The first kappa shape index (κ1) is 14.6. The minimum atomic E-state index is 0.176. The minimum absolute atomic E-state index is 0.176. The highest BCUT2D eigenvalue weighted by atomic mass is 79.9. The quantitative estimate of drug-likeness (QED) is 0.264. The molecule has 120 valence electrons. The smallest absolute Gasteiger partial charge is 0.115 e. The highest BCUT2D eigenvalue weighted by Crippen LogP contribution is 2.55. The third kappa shape index (κ3) is 1.79. The zero-order valence-electron chi connectivity index (χ0n) is 12.8. The van der Waals surface area contributed by atoms with Crippen LogP contribution in [0, 0.1) is 0 Å². The highest BCUT2D eigenvalue weighted by Gasteiger charge is 2.43. The Morgan fingerprint density at radius 3 is 1.36 bits per heavy atom.